The first-order valence-corrected chi connectivity index (χ1v) is 10.0. The minimum Gasteiger partial charge on any atom is -0.497 e. The number of ether oxygens (including phenoxy) is 2. The largest absolute Gasteiger partial charge is 0.497 e. The fraction of sp³-hybridized carbons (Fsp3) is 0.160. The van der Waals surface area contributed by atoms with E-state index in [2.05, 4.69) is 10.6 Å². The SMILES string of the molecule is COc1ccc(C(=O)NCC(=O)NCC(=O)OC(c2ccccc2)c2ccccc2)cc1. The van der Waals surface area contributed by atoms with Crippen molar-refractivity contribution in [3.05, 3.63) is 102 Å². The third-order valence-corrected chi connectivity index (χ3v) is 4.65. The lowest BCUT2D eigenvalue weighted by atomic mass is 10.0. The van der Waals surface area contributed by atoms with Gasteiger partial charge in [-0.25, -0.2) is 0 Å². The van der Waals surface area contributed by atoms with Crippen molar-refractivity contribution in [1.29, 1.82) is 0 Å². The summed E-state index contributed by atoms with van der Waals surface area (Å²) in [5.74, 6) is -0.863. The van der Waals surface area contributed by atoms with Crippen molar-refractivity contribution in [2.75, 3.05) is 20.2 Å². The van der Waals surface area contributed by atoms with Crippen molar-refractivity contribution in [3.8, 4) is 5.75 Å². The van der Waals surface area contributed by atoms with Gasteiger partial charge in [-0.1, -0.05) is 60.7 Å². The molecule has 0 aliphatic rings. The van der Waals surface area contributed by atoms with Gasteiger partial charge in [0.1, 0.15) is 12.3 Å². The molecule has 2 N–H and O–H groups in total. The second-order valence-electron chi connectivity index (χ2n) is 6.88. The molecule has 0 aliphatic heterocycles. The summed E-state index contributed by atoms with van der Waals surface area (Å²) < 4.78 is 10.7. The number of amides is 2. The Hall–Kier alpha value is -4.13. The molecule has 0 spiro atoms. The maximum atomic E-state index is 12.4. The molecule has 0 bridgehead atoms. The third kappa shape index (κ3) is 6.43. The van der Waals surface area contributed by atoms with Crippen LogP contribution < -0.4 is 15.4 Å². The van der Waals surface area contributed by atoms with Crippen LogP contribution >= 0.6 is 0 Å². The fourth-order valence-corrected chi connectivity index (χ4v) is 3.00. The molecule has 0 unspecified atom stereocenters. The van der Waals surface area contributed by atoms with Crippen LogP contribution in [0.15, 0.2) is 84.9 Å². The Morgan fingerprint density at radius 2 is 1.31 bits per heavy atom. The van der Waals surface area contributed by atoms with Gasteiger partial charge in [-0.15, -0.1) is 0 Å². The molecule has 2 amide bonds. The smallest absolute Gasteiger partial charge is 0.326 e. The molecular weight excluding hydrogens is 408 g/mol. The Morgan fingerprint density at radius 3 is 1.84 bits per heavy atom. The first kappa shape index (κ1) is 22.6. The number of benzene rings is 3. The maximum Gasteiger partial charge on any atom is 0.326 e. The monoisotopic (exact) mass is 432 g/mol. The van der Waals surface area contributed by atoms with E-state index in [9.17, 15) is 14.4 Å². The third-order valence-electron chi connectivity index (χ3n) is 4.65. The molecule has 0 aromatic heterocycles. The lowest BCUT2D eigenvalue weighted by Gasteiger charge is -2.19. The van der Waals surface area contributed by atoms with Crippen LogP contribution in [0.1, 0.15) is 27.6 Å². The number of carbonyl (C=O) groups excluding carboxylic acids is 3. The molecule has 0 saturated heterocycles. The highest BCUT2D eigenvalue weighted by atomic mass is 16.5. The quantitative estimate of drug-likeness (QED) is 0.507. The highest BCUT2D eigenvalue weighted by molar-refractivity contribution is 5.96. The predicted molar refractivity (Wildman–Crippen MR) is 119 cm³/mol. The van der Waals surface area contributed by atoms with E-state index in [-0.39, 0.29) is 13.1 Å². The molecule has 0 fully saturated rings. The van der Waals surface area contributed by atoms with E-state index in [1.807, 2.05) is 60.7 Å². The van der Waals surface area contributed by atoms with Gasteiger partial charge in [0.05, 0.1) is 13.7 Å². The lowest BCUT2D eigenvalue weighted by molar-refractivity contribution is -0.147. The summed E-state index contributed by atoms with van der Waals surface area (Å²) in [5, 5.41) is 4.98. The summed E-state index contributed by atoms with van der Waals surface area (Å²) in [5.41, 5.74) is 2.04. The fourth-order valence-electron chi connectivity index (χ4n) is 3.00. The molecule has 7 heteroatoms. The van der Waals surface area contributed by atoms with Crippen molar-refractivity contribution >= 4 is 17.8 Å². The van der Waals surface area contributed by atoms with Crippen molar-refractivity contribution in [2.24, 2.45) is 0 Å². The molecule has 3 aromatic carbocycles. The van der Waals surface area contributed by atoms with Crippen LogP contribution in [0.3, 0.4) is 0 Å². The van der Waals surface area contributed by atoms with Gasteiger partial charge in [0.2, 0.25) is 5.91 Å². The maximum absolute atomic E-state index is 12.4. The van der Waals surface area contributed by atoms with Crippen LogP contribution in [0.2, 0.25) is 0 Å². The first-order valence-electron chi connectivity index (χ1n) is 10.0. The molecular formula is C25H24N2O5. The zero-order valence-corrected chi connectivity index (χ0v) is 17.6. The van der Waals surface area contributed by atoms with E-state index in [1.165, 1.54) is 7.11 Å². The number of hydrogen-bond donors (Lipinski definition) is 2. The normalized spacial score (nSPS) is 10.3. The van der Waals surface area contributed by atoms with E-state index in [4.69, 9.17) is 9.47 Å². The summed E-state index contributed by atoms with van der Waals surface area (Å²) in [6.45, 7) is -0.577. The second kappa shape index (κ2) is 11.3. The standard InChI is InChI=1S/C25H24N2O5/c1-31-21-14-12-20(13-15-21)25(30)27-16-22(28)26-17-23(29)32-24(18-8-4-2-5-9-18)19-10-6-3-7-11-19/h2-15,24H,16-17H2,1H3,(H,26,28)(H,27,30). The summed E-state index contributed by atoms with van der Waals surface area (Å²) >= 11 is 0. The zero-order chi connectivity index (χ0) is 22.8. The molecule has 3 aromatic rings. The number of hydrogen-bond acceptors (Lipinski definition) is 5. The molecule has 3 rings (SSSR count). The van der Waals surface area contributed by atoms with Crippen LogP contribution in [-0.2, 0) is 14.3 Å². The Morgan fingerprint density at radius 1 is 0.750 bits per heavy atom. The average molecular weight is 432 g/mol. The van der Waals surface area contributed by atoms with Crippen LogP contribution in [0, 0.1) is 0 Å². The van der Waals surface area contributed by atoms with E-state index >= 15 is 0 Å². The lowest BCUT2D eigenvalue weighted by Crippen LogP contribution is -2.39. The zero-order valence-electron chi connectivity index (χ0n) is 17.6. The Labute approximate surface area is 186 Å². The van der Waals surface area contributed by atoms with Gasteiger partial charge in [-0.2, -0.15) is 0 Å². The summed E-state index contributed by atoms with van der Waals surface area (Å²) in [7, 11) is 1.53. The van der Waals surface area contributed by atoms with Gasteiger partial charge in [0.15, 0.2) is 6.10 Å². The molecule has 0 saturated carbocycles. The predicted octanol–water partition coefficient (Wildman–Crippen LogP) is 2.87. The van der Waals surface area contributed by atoms with Crippen LogP contribution in [0.5, 0.6) is 5.75 Å². The van der Waals surface area contributed by atoms with Crippen molar-refractivity contribution in [3.63, 3.8) is 0 Å². The van der Waals surface area contributed by atoms with Crippen molar-refractivity contribution < 1.29 is 23.9 Å². The van der Waals surface area contributed by atoms with Crippen LogP contribution in [0.25, 0.3) is 0 Å². The number of methoxy groups -OCH3 is 1. The Kier molecular flexibility index (Phi) is 7.97. The molecule has 0 atom stereocenters. The molecule has 0 aliphatic carbocycles. The number of rotatable bonds is 9. The second-order valence-corrected chi connectivity index (χ2v) is 6.88. The molecule has 0 heterocycles. The van der Waals surface area contributed by atoms with Gasteiger partial charge in [-0.3, -0.25) is 14.4 Å². The molecule has 7 nitrogen and oxygen atoms in total. The first-order chi connectivity index (χ1) is 15.6. The van der Waals surface area contributed by atoms with Gasteiger partial charge in [0, 0.05) is 5.56 Å². The number of carbonyl (C=O) groups is 3. The topological polar surface area (TPSA) is 93.7 Å². The molecule has 32 heavy (non-hydrogen) atoms. The Balaban J connectivity index is 1.50. The minimum atomic E-state index is -0.587. The van der Waals surface area contributed by atoms with E-state index in [0.29, 0.717) is 11.3 Å². The van der Waals surface area contributed by atoms with E-state index in [0.717, 1.165) is 11.1 Å². The highest BCUT2D eigenvalue weighted by Gasteiger charge is 2.19. The van der Waals surface area contributed by atoms with Crippen LogP contribution in [0.4, 0.5) is 0 Å². The van der Waals surface area contributed by atoms with Gasteiger partial charge >= 0.3 is 5.97 Å². The number of esters is 1. The van der Waals surface area contributed by atoms with Crippen molar-refractivity contribution in [2.45, 2.75) is 6.10 Å². The summed E-state index contributed by atoms with van der Waals surface area (Å²) in [6, 6.07) is 25.2. The molecule has 0 radical (unpaired) electrons. The van der Waals surface area contributed by atoms with Gasteiger partial charge < -0.3 is 20.1 Å². The van der Waals surface area contributed by atoms with Gasteiger partial charge in [-0.05, 0) is 35.4 Å². The summed E-state index contributed by atoms with van der Waals surface area (Å²) in [4.78, 5) is 36.6. The minimum absolute atomic E-state index is 0.265. The van der Waals surface area contributed by atoms with E-state index in [1.54, 1.807) is 24.3 Å². The van der Waals surface area contributed by atoms with Crippen molar-refractivity contribution in [1.82, 2.24) is 10.6 Å². The number of nitrogens with one attached hydrogen (secondary N) is 2. The average Bonchev–Trinajstić information content (AvgIpc) is 2.85. The summed E-state index contributed by atoms with van der Waals surface area (Å²) in [6.07, 6.45) is -0.587. The Bertz CT molecular complexity index is 997. The highest BCUT2D eigenvalue weighted by Crippen LogP contribution is 2.25. The van der Waals surface area contributed by atoms with Crippen LogP contribution in [-0.4, -0.2) is 38.0 Å². The molecule has 164 valence electrons. The van der Waals surface area contributed by atoms with E-state index < -0.39 is 23.9 Å². The van der Waals surface area contributed by atoms with Gasteiger partial charge in [0.25, 0.3) is 5.91 Å².